The van der Waals surface area contributed by atoms with Crippen LogP contribution < -0.4 is 0 Å². The number of carboxylic acids is 2. The van der Waals surface area contributed by atoms with Crippen molar-refractivity contribution in [2.75, 3.05) is 0 Å². The van der Waals surface area contributed by atoms with Gasteiger partial charge in [-0.1, -0.05) is 162 Å². The Bertz CT molecular complexity index is 632. The molecular weight excluding hydrogens is 484 g/mol. The van der Waals surface area contributed by atoms with Crippen molar-refractivity contribution in [2.24, 2.45) is 16.7 Å². The maximum atomic E-state index is 12.9. The SMILES string of the molecule is CCCCCCCCCCCCCC1(C(=O)O)CCC(C)CC1(CCCCCCCCCCCCC)C(=O)O. The second kappa shape index (κ2) is 21.7. The Balaban J connectivity index is 2.53. The van der Waals surface area contributed by atoms with Gasteiger partial charge in [0.05, 0.1) is 10.8 Å². The first-order valence-electron chi connectivity index (χ1n) is 17.3. The van der Waals surface area contributed by atoms with E-state index >= 15 is 0 Å². The first-order chi connectivity index (χ1) is 18.9. The van der Waals surface area contributed by atoms with Crippen molar-refractivity contribution < 1.29 is 19.8 Å². The van der Waals surface area contributed by atoms with E-state index in [0.717, 1.165) is 44.9 Å². The van der Waals surface area contributed by atoms with Crippen LogP contribution >= 0.6 is 0 Å². The quantitative estimate of drug-likeness (QED) is 0.105. The Labute approximate surface area is 242 Å². The first kappa shape index (κ1) is 36.0. The number of rotatable bonds is 26. The van der Waals surface area contributed by atoms with Crippen LogP contribution in [0.2, 0.25) is 0 Å². The predicted molar refractivity (Wildman–Crippen MR) is 165 cm³/mol. The van der Waals surface area contributed by atoms with Crippen molar-refractivity contribution in [2.45, 2.75) is 194 Å². The molecule has 0 amide bonds. The minimum absolute atomic E-state index is 0.276. The Kier molecular flexibility index (Phi) is 20.0. The normalized spacial score (nSPS) is 23.2. The van der Waals surface area contributed by atoms with Gasteiger partial charge in [0.1, 0.15) is 0 Å². The van der Waals surface area contributed by atoms with Gasteiger partial charge in [-0.3, -0.25) is 9.59 Å². The van der Waals surface area contributed by atoms with Gasteiger partial charge in [0.2, 0.25) is 0 Å². The van der Waals surface area contributed by atoms with E-state index in [2.05, 4.69) is 20.8 Å². The van der Waals surface area contributed by atoms with Gasteiger partial charge in [-0.2, -0.15) is 0 Å². The summed E-state index contributed by atoms with van der Waals surface area (Å²) in [6.45, 7) is 6.62. The molecule has 1 aliphatic carbocycles. The van der Waals surface area contributed by atoms with E-state index in [4.69, 9.17) is 0 Å². The van der Waals surface area contributed by atoms with Gasteiger partial charge in [-0.15, -0.1) is 0 Å². The number of carboxylic acid groups (broad SMARTS) is 2. The molecule has 1 rings (SSSR count). The molecule has 0 aromatic rings. The fourth-order valence-corrected chi connectivity index (χ4v) is 7.33. The number of aliphatic carboxylic acids is 2. The van der Waals surface area contributed by atoms with Crippen LogP contribution in [0.1, 0.15) is 194 Å². The molecule has 3 unspecified atom stereocenters. The number of hydrogen-bond donors (Lipinski definition) is 2. The average molecular weight is 551 g/mol. The summed E-state index contributed by atoms with van der Waals surface area (Å²) in [6, 6.07) is 0. The third kappa shape index (κ3) is 13.0. The lowest BCUT2D eigenvalue weighted by Crippen LogP contribution is -2.56. The van der Waals surface area contributed by atoms with E-state index in [1.165, 1.54) is 103 Å². The highest BCUT2D eigenvalue weighted by atomic mass is 16.4. The summed E-state index contributed by atoms with van der Waals surface area (Å²) in [4.78, 5) is 25.7. The molecule has 0 spiro atoms. The van der Waals surface area contributed by atoms with Gasteiger partial charge in [-0.05, 0) is 38.0 Å². The summed E-state index contributed by atoms with van der Waals surface area (Å²) in [5, 5.41) is 21.1. The van der Waals surface area contributed by atoms with Crippen molar-refractivity contribution in [1.82, 2.24) is 0 Å². The molecule has 1 saturated carbocycles. The van der Waals surface area contributed by atoms with E-state index in [1.807, 2.05) is 0 Å². The fraction of sp³-hybridized carbons (Fsp3) is 0.943. The topological polar surface area (TPSA) is 74.6 Å². The number of carbonyl (C=O) groups is 2. The summed E-state index contributed by atoms with van der Waals surface area (Å²) in [6.07, 6.45) is 29.9. The van der Waals surface area contributed by atoms with Crippen LogP contribution in [0.3, 0.4) is 0 Å². The van der Waals surface area contributed by atoms with Gasteiger partial charge in [0.15, 0.2) is 0 Å². The lowest BCUT2D eigenvalue weighted by atomic mass is 9.50. The Morgan fingerprint density at radius 1 is 0.538 bits per heavy atom. The standard InChI is InChI=1S/C35H66O4/c1-4-6-8-10-12-14-16-18-20-22-24-27-34(32(36)37)29-26-31(3)30-35(34,33(38)39)28-25-23-21-19-17-15-13-11-9-7-5-2/h31H,4-30H2,1-3H3,(H,36,37)(H,38,39). The molecule has 0 saturated heterocycles. The molecular formula is C35H66O4. The van der Waals surface area contributed by atoms with Crippen molar-refractivity contribution in [3.63, 3.8) is 0 Å². The smallest absolute Gasteiger partial charge is 0.310 e. The van der Waals surface area contributed by atoms with Crippen molar-refractivity contribution >= 4 is 11.9 Å². The molecule has 230 valence electrons. The molecule has 1 fully saturated rings. The summed E-state index contributed by atoms with van der Waals surface area (Å²) in [5.74, 6) is -1.43. The molecule has 1 aliphatic rings. The van der Waals surface area contributed by atoms with Gasteiger partial charge in [0.25, 0.3) is 0 Å². The minimum Gasteiger partial charge on any atom is -0.481 e. The highest BCUT2D eigenvalue weighted by Gasteiger charge is 2.62. The van der Waals surface area contributed by atoms with E-state index in [9.17, 15) is 19.8 Å². The maximum Gasteiger partial charge on any atom is 0.310 e. The third-order valence-corrected chi connectivity index (χ3v) is 9.91. The van der Waals surface area contributed by atoms with Crippen LogP contribution in [-0.4, -0.2) is 22.2 Å². The predicted octanol–water partition coefficient (Wildman–Crippen LogP) is 11.4. The van der Waals surface area contributed by atoms with Crippen LogP contribution in [0.25, 0.3) is 0 Å². The van der Waals surface area contributed by atoms with E-state index in [1.54, 1.807) is 0 Å². The molecule has 0 radical (unpaired) electrons. The largest absolute Gasteiger partial charge is 0.481 e. The molecule has 2 N–H and O–H groups in total. The maximum absolute atomic E-state index is 12.9. The first-order valence-corrected chi connectivity index (χ1v) is 17.3. The van der Waals surface area contributed by atoms with E-state index in [0.29, 0.717) is 25.7 Å². The Morgan fingerprint density at radius 2 is 0.846 bits per heavy atom. The van der Waals surface area contributed by atoms with Crippen LogP contribution in [0.5, 0.6) is 0 Å². The highest BCUT2D eigenvalue weighted by molar-refractivity contribution is 5.87. The molecule has 4 heteroatoms. The average Bonchev–Trinajstić information content (AvgIpc) is 2.91. The Morgan fingerprint density at radius 3 is 1.18 bits per heavy atom. The lowest BCUT2D eigenvalue weighted by molar-refractivity contribution is -0.185. The summed E-state index contributed by atoms with van der Waals surface area (Å²) < 4.78 is 0. The minimum atomic E-state index is -1.12. The zero-order chi connectivity index (χ0) is 28.8. The highest BCUT2D eigenvalue weighted by Crippen LogP contribution is 2.58. The zero-order valence-electron chi connectivity index (χ0n) is 26.4. The fourth-order valence-electron chi connectivity index (χ4n) is 7.33. The molecule has 4 nitrogen and oxygen atoms in total. The third-order valence-electron chi connectivity index (χ3n) is 9.91. The monoisotopic (exact) mass is 550 g/mol. The van der Waals surface area contributed by atoms with Crippen LogP contribution in [-0.2, 0) is 9.59 Å². The lowest BCUT2D eigenvalue weighted by Gasteiger charge is -2.50. The number of hydrogen-bond acceptors (Lipinski definition) is 2. The van der Waals surface area contributed by atoms with Gasteiger partial charge in [0, 0.05) is 0 Å². The molecule has 0 bridgehead atoms. The van der Waals surface area contributed by atoms with Crippen molar-refractivity contribution in [1.29, 1.82) is 0 Å². The molecule has 0 aromatic heterocycles. The van der Waals surface area contributed by atoms with E-state index in [-0.39, 0.29) is 5.92 Å². The zero-order valence-corrected chi connectivity index (χ0v) is 26.4. The second-order valence-electron chi connectivity index (χ2n) is 13.2. The summed E-state index contributed by atoms with van der Waals surface area (Å²) in [7, 11) is 0. The summed E-state index contributed by atoms with van der Waals surface area (Å²) >= 11 is 0. The second-order valence-corrected chi connectivity index (χ2v) is 13.2. The van der Waals surface area contributed by atoms with Gasteiger partial charge >= 0.3 is 11.9 Å². The van der Waals surface area contributed by atoms with Crippen molar-refractivity contribution in [3.8, 4) is 0 Å². The summed E-state index contributed by atoms with van der Waals surface area (Å²) in [5.41, 5.74) is -2.22. The molecule has 0 aromatic carbocycles. The van der Waals surface area contributed by atoms with Gasteiger partial charge in [-0.25, -0.2) is 0 Å². The Hall–Kier alpha value is -1.06. The van der Waals surface area contributed by atoms with Crippen molar-refractivity contribution in [3.05, 3.63) is 0 Å². The molecule has 0 aliphatic heterocycles. The molecule has 3 atom stereocenters. The van der Waals surface area contributed by atoms with Crippen LogP contribution in [0.4, 0.5) is 0 Å². The van der Waals surface area contributed by atoms with Crippen LogP contribution in [0, 0.1) is 16.7 Å². The molecule has 0 heterocycles. The number of unbranched alkanes of at least 4 members (excludes halogenated alkanes) is 20. The van der Waals surface area contributed by atoms with Crippen LogP contribution in [0.15, 0.2) is 0 Å². The van der Waals surface area contributed by atoms with Gasteiger partial charge < -0.3 is 10.2 Å². The van der Waals surface area contributed by atoms with E-state index < -0.39 is 22.8 Å². The molecule has 39 heavy (non-hydrogen) atoms.